The van der Waals surface area contributed by atoms with Gasteiger partial charge < -0.3 is 0 Å². The monoisotopic (exact) mass is 239 g/mol. The van der Waals surface area contributed by atoms with E-state index in [1.807, 2.05) is 6.07 Å². The molecule has 88 valence electrons. The van der Waals surface area contributed by atoms with Gasteiger partial charge in [0.1, 0.15) is 5.82 Å². The number of hydrogen-bond donors (Lipinski definition) is 1. The van der Waals surface area contributed by atoms with Crippen molar-refractivity contribution in [2.75, 3.05) is 5.43 Å². The lowest BCUT2D eigenvalue weighted by molar-refractivity contribution is 0.628. The van der Waals surface area contributed by atoms with Gasteiger partial charge in [0.15, 0.2) is 0 Å². The third kappa shape index (κ3) is 3.16. The van der Waals surface area contributed by atoms with Crippen molar-refractivity contribution in [2.24, 2.45) is 5.10 Å². The molecule has 0 heterocycles. The molecule has 0 unspecified atom stereocenters. The van der Waals surface area contributed by atoms with Crippen LogP contribution in [0.1, 0.15) is 11.1 Å². The Morgan fingerprint density at radius 2 is 1.72 bits per heavy atom. The Morgan fingerprint density at radius 3 is 2.33 bits per heavy atom. The maximum absolute atomic E-state index is 12.7. The second-order valence-electron chi connectivity index (χ2n) is 3.61. The predicted octanol–water partition coefficient (Wildman–Crippen LogP) is 3.14. The fourth-order valence-corrected chi connectivity index (χ4v) is 1.35. The molecule has 3 nitrogen and oxygen atoms in total. The quantitative estimate of drug-likeness (QED) is 0.660. The van der Waals surface area contributed by atoms with Crippen LogP contribution in [-0.2, 0) is 0 Å². The first-order chi connectivity index (χ1) is 8.78. The Labute approximate surface area is 104 Å². The maximum Gasteiger partial charge on any atom is 0.123 e. The van der Waals surface area contributed by atoms with Crippen LogP contribution in [-0.4, -0.2) is 6.21 Å². The summed E-state index contributed by atoms with van der Waals surface area (Å²) in [6.45, 7) is 0. The van der Waals surface area contributed by atoms with E-state index in [9.17, 15) is 4.39 Å². The predicted molar refractivity (Wildman–Crippen MR) is 68.8 cm³/mol. The molecular weight excluding hydrogens is 229 g/mol. The molecule has 2 aromatic rings. The second kappa shape index (κ2) is 5.60. The second-order valence-corrected chi connectivity index (χ2v) is 3.61. The molecule has 0 saturated heterocycles. The zero-order chi connectivity index (χ0) is 12.8. The van der Waals surface area contributed by atoms with Crippen LogP contribution in [0, 0.1) is 17.1 Å². The van der Waals surface area contributed by atoms with Crippen LogP contribution in [0.4, 0.5) is 10.1 Å². The van der Waals surface area contributed by atoms with Gasteiger partial charge in [-0.1, -0.05) is 12.1 Å². The summed E-state index contributed by atoms with van der Waals surface area (Å²) < 4.78 is 12.7. The molecule has 0 aliphatic carbocycles. The first kappa shape index (κ1) is 11.8. The molecule has 2 rings (SSSR count). The number of nitrogens with zero attached hydrogens (tertiary/aromatic N) is 2. The Hall–Kier alpha value is -2.67. The molecule has 4 heteroatoms. The van der Waals surface area contributed by atoms with Gasteiger partial charge in [0.2, 0.25) is 0 Å². The third-order valence-corrected chi connectivity index (χ3v) is 2.29. The lowest BCUT2D eigenvalue weighted by atomic mass is 10.2. The molecule has 0 radical (unpaired) electrons. The summed E-state index contributed by atoms with van der Waals surface area (Å²) in [5.41, 5.74) is 4.98. The summed E-state index contributed by atoms with van der Waals surface area (Å²) >= 11 is 0. The number of hydrazone groups is 1. The lowest BCUT2D eigenvalue weighted by Gasteiger charge is -1.99. The molecule has 0 saturated carbocycles. The highest BCUT2D eigenvalue weighted by molar-refractivity contribution is 5.80. The molecule has 0 amide bonds. The molecule has 0 aliphatic rings. The zero-order valence-electron chi connectivity index (χ0n) is 9.47. The molecule has 0 spiro atoms. The number of anilines is 1. The van der Waals surface area contributed by atoms with Gasteiger partial charge in [-0.05, 0) is 42.0 Å². The molecule has 2 aromatic carbocycles. The average molecular weight is 239 g/mol. The van der Waals surface area contributed by atoms with E-state index in [1.165, 1.54) is 12.1 Å². The third-order valence-electron chi connectivity index (χ3n) is 2.29. The van der Waals surface area contributed by atoms with E-state index in [0.717, 1.165) is 5.56 Å². The van der Waals surface area contributed by atoms with Gasteiger partial charge in [-0.2, -0.15) is 10.4 Å². The van der Waals surface area contributed by atoms with Crippen molar-refractivity contribution in [3.63, 3.8) is 0 Å². The topological polar surface area (TPSA) is 48.2 Å². The first-order valence-electron chi connectivity index (χ1n) is 5.33. The van der Waals surface area contributed by atoms with Gasteiger partial charge in [-0.15, -0.1) is 0 Å². The number of nitriles is 1. The van der Waals surface area contributed by atoms with E-state index in [-0.39, 0.29) is 5.82 Å². The van der Waals surface area contributed by atoms with Crippen LogP contribution in [0.2, 0.25) is 0 Å². The van der Waals surface area contributed by atoms with Crippen LogP contribution in [0.25, 0.3) is 0 Å². The summed E-state index contributed by atoms with van der Waals surface area (Å²) in [4.78, 5) is 0. The van der Waals surface area contributed by atoms with Crippen molar-refractivity contribution in [1.29, 1.82) is 5.26 Å². The molecule has 0 aliphatic heterocycles. The number of halogens is 1. The van der Waals surface area contributed by atoms with E-state index in [1.54, 1.807) is 42.6 Å². The number of benzene rings is 2. The van der Waals surface area contributed by atoms with E-state index >= 15 is 0 Å². The van der Waals surface area contributed by atoms with Gasteiger partial charge in [0, 0.05) is 0 Å². The van der Waals surface area contributed by atoms with Gasteiger partial charge in [-0.25, -0.2) is 4.39 Å². The molecular formula is C14H10FN3. The Bertz CT molecular complexity index is 580. The minimum absolute atomic E-state index is 0.281. The summed E-state index contributed by atoms with van der Waals surface area (Å²) in [5, 5.41) is 12.7. The summed E-state index contributed by atoms with van der Waals surface area (Å²) in [6.07, 6.45) is 1.63. The number of nitrogens with one attached hydrogen (secondary N) is 1. The smallest absolute Gasteiger partial charge is 0.123 e. The maximum atomic E-state index is 12.7. The van der Waals surface area contributed by atoms with E-state index in [0.29, 0.717) is 11.3 Å². The van der Waals surface area contributed by atoms with Crippen molar-refractivity contribution < 1.29 is 4.39 Å². The molecule has 0 aromatic heterocycles. The van der Waals surface area contributed by atoms with Gasteiger partial charge in [0.05, 0.1) is 23.5 Å². The summed E-state index contributed by atoms with van der Waals surface area (Å²) in [7, 11) is 0. The van der Waals surface area contributed by atoms with Crippen LogP contribution in [0.3, 0.4) is 0 Å². The standard InChI is InChI=1S/C14H10FN3/c15-13-5-7-14(8-6-13)18-17-10-12-3-1-11(9-16)2-4-12/h1-8,10,18H/b17-10+. The van der Waals surface area contributed by atoms with Crippen LogP contribution in [0.15, 0.2) is 53.6 Å². The minimum atomic E-state index is -0.281. The fraction of sp³-hybridized carbons (Fsp3) is 0. The van der Waals surface area contributed by atoms with Crippen molar-refractivity contribution >= 4 is 11.9 Å². The molecule has 1 N–H and O–H groups in total. The lowest BCUT2D eigenvalue weighted by Crippen LogP contribution is -1.90. The molecule has 18 heavy (non-hydrogen) atoms. The van der Waals surface area contributed by atoms with Crippen molar-refractivity contribution in [3.8, 4) is 6.07 Å². The van der Waals surface area contributed by atoms with Crippen LogP contribution >= 0.6 is 0 Å². The number of rotatable bonds is 3. The normalized spacial score (nSPS) is 10.2. The number of hydrogen-bond acceptors (Lipinski definition) is 3. The van der Waals surface area contributed by atoms with E-state index < -0.39 is 0 Å². The van der Waals surface area contributed by atoms with Crippen molar-refractivity contribution in [3.05, 3.63) is 65.5 Å². The Kier molecular flexibility index (Phi) is 3.67. The fourth-order valence-electron chi connectivity index (χ4n) is 1.35. The van der Waals surface area contributed by atoms with Crippen molar-refractivity contribution in [1.82, 2.24) is 0 Å². The molecule has 0 atom stereocenters. The van der Waals surface area contributed by atoms with E-state index in [4.69, 9.17) is 5.26 Å². The largest absolute Gasteiger partial charge is 0.279 e. The SMILES string of the molecule is N#Cc1ccc(/C=N/Nc2ccc(F)cc2)cc1. The first-order valence-corrected chi connectivity index (χ1v) is 5.33. The minimum Gasteiger partial charge on any atom is -0.279 e. The Balaban J connectivity index is 1.98. The van der Waals surface area contributed by atoms with Crippen LogP contribution in [0.5, 0.6) is 0 Å². The van der Waals surface area contributed by atoms with Crippen molar-refractivity contribution in [2.45, 2.75) is 0 Å². The molecule has 0 fully saturated rings. The zero-order valence-corrected chi connectivity index (χ0v) is 9.47. The highest BCUT2D eigenvalue weighted by atomic mass is 19.1. The van der Waals surface area contributed by atoms with Gasteiger partial charge >= 0.3 is 0 Å². The highest BCUT2D eigenvalue weighted by Gasteiger charge is 1.92. The summed E-state index contributed by atoms with van der Waals surface area (Å²) in [6, 6.07) is 15.0. The van der Waals surface area contributed by atoms with E-state index in [2.05, 4.69) is 10.5 Å². The van der Waals surface area contributed by atoms with Gasteiger partial charge in [0.25, 0.3) is 0 Å². The average Bonchev–Trinajstić information content (AvgIpc) is 2.42. The highest BCUT2D eigenvalue weighted by Crippen LogP contribution is 2.08. The summed E-state index contributed by atoms with van der Waals surface area (Å²) in [5.74, 6) is -0.281. The van der Waals surface area contributed by atoms with Gasteiger partial charge in [-0.3, -0.25) is 5.43 Å². The molecule has 0 bridgehead atoms. The van der Waals surface area contributed by atoms with Crippen LogP contribution < -0.4 is 5.43 Å². The Morgan fingerprint density at radius 1 is 1.06 bits per heavy atom.